The Labute approximate surface area is 148 Å². The van der Waals surface area contributed by atoms with E-state index < -0.39 is 0 Å². The molecule has 0 aromatic heterocycles. The smallest absolute Gasteiger partial charge is 0.170 e. The average molecular weight is 360 g/mol. The molecular formula is C16H23Cl2N3S. The Morgan fingerprint density at radius 3 is 2.86 bits per heavy atom. The van der Waals surface area contributed by atoms with Gasteiger partial charge in [-0.2, -0.15) is 0 Å². The molecule has 2 atom stereocenters. The molecule has 1 fully saturated rings. The monoisotopic (exact) mass is 359 g/mol. The zero-order valence-corrected chi connectivity index (χ0v) is 15.4. The van der Waals surface area contributed by atoms with Gasteiger partial charge in [0, 0.05) is 23.7 Å². The molecular weight excluding hydrogens is 337 g/mol. The number of nitrogens with one attached hydrogen (secondary N) is 2. The van der Waals surface area contributed by atoms with Crippen molar-refractivity contribution >= 4 is 46.2 Å². The zero-order valence-electron chi connectivity index (χ0n) is 13.0. The number of benzene rings is 1. The van der Waals surface area contributed by atoms with E-state index in [0.717, 1.165) is 12.2 Å². The van der Waals surface area contributed by atoms with Crippen LogP contribution in [0.1, 0.15) is 33.1 Å². The molecule has 0 saturated carbocycles. The van der Waals surface area contributed by atoms with Crippen LogP contribution in [0.3, 0.4) is 0 Å². The zero-order chi connectivity index (χ0) is 16.1. The van der Waals surface area contributed by atoms with Crippen LogP contribution in [0.5, 0.6) is 0 Å². The maximum absolute atomic E-state index is 6.13. The summed E-state index contributed by atoms with van der Waals surface area (Å²) < 4.78 is 0. The van der Waals surface area contributed by atoms with Crippen molar-refractivity contribution in [2.75, 3.05) is 18.4 Å². The van der Waals surface area contributed by atoms with Crippen LogP contribution in [0, 0.1) is 0 Å². The van der Waals surface area contributed by atoms with Crippen LogP contribution in [-0.2, 0) is 0 Å². The second-order valence-electron chi connectivity index (χ2n) is 5.89. The fourth-order valence-electron chi connectivity index (χ4n) is 2.89. The highest BCUT2D eigenvalue weighted by atomic mass is 35.5. The van der Waals surface area contributed by atoms with E-state index in [4.69, 9.17) is 35.4 Å². The summed E-state index contributed by atoms with van der Waals surface area (Å²) in [5, 5.41) is 8.16. The molecule has 1 aliphatic rings. The van der Waals surface area contributed by atoms with Crippen LogP contribution in [0.15, 0.2) is 18.2 Å². The normalized spacial score (nSPS) is 20.5. The molecule has 2 rings (SSSR count). The second-order valence-corrected chi connectivity index (χ2v) is 7.14. The van der Waals surface area contributed by atoms with Crippen molar-refractivity contribution < 1.29 is 0 Å². The fraction of sp³-hybridized carbons (Fsp3) is 0.562. The maximum atomic E-state index is 6.13. The number of thiocarbonyl (C=S) groups is 1. The summed E-state index contributed by atoms with van der Waals surface area (Å²) in [6, 6.07) is 6.42. The molecule has 1 saturated heterocycles. The highest BCUT2D eigenvalue weighted by molar-refractivity contribution is 7.80. The van der Waals surface area contributed by atoms with E-state index in [1.165, 1.54) is 25.8 Å². The molecule has 6 heteroatoms. The molecule has 1 aromatic rings. The lowest BCUT2D eigenvalue weighted by atomic mass is 10.0. The van der Waals surface area contributed by atoms with Gasteiger partial charge in [-0.05, 0) is 63.7 Å². The summed E-state index contributed by atoms with van der Waals surface area (Å²) in [5.41, 5.74) is 0.766. The second kappa shape index (κ2) is 8.34. The molecule has 1 aromatic carbocycles. The molecule has 0 radical (unpaired) electrons. The van der Waals surface area contributed by atoms with Gasteiger partial charge in [0.25, 0.3) is 0 Å². The van der Waals surface area contributed by atoms with Crippen molar-refractivity contribution in [2.24, 2.45) is 0 Å². The van der Waals surface area contributed by atoms with E-state index in [0.29, 0.717) is 27.2 Å². The van der Waals surface area contributed by atoms with Crippen molar-refractivity contribution in [3.8, 4) is 0 Å². The van der Waals surface area contributed by atoms with Crippen molar-refractivity contribution in [3.05, 3.63) is 28.2 Å². The summed E-state index contributed by atoms with van der Waals surface area (Å²) in [7, 11) is 0. The summed E-state index contributed by atoms with van der Waals surface area (Å²) in [5.74, 6) is 0. The number of hydrogen-bond donors (Lipinski definition) is 2. The lowest BCUT2D eigenvalue weighted by Gasteiger charge is -2.38. The molecule has 0 amide bonds. The van der Waals surface area contributed by atoms with Crippen molar-refractivity contribution in [1.29, 1.82) is 0 Å². The highest BCUT2D eigenvalue weighted by Gasteiger charge is 2.22. The topological polar surface area (TPSA) is 27.3 Å². The summed E-state index contributed by atoms with van der Waals surface area (Å²) in [6.45, 7) is 6.54. The number of nitrogens with zero attached hydrogens (tertiary/aromatic N) is 1. The Kier molecular flexibility index (Phi) is 6.75. The number of hydrogen-bond acceptors (Lipinski definition) is 2. The van der Waals surface area contributed by atoms with Crippen LogP contribution in [-0.4, -0.2) is 35.2 Å². The Morgan fingerprint density at radius 2 is 2.18 bits per heavy atom. The van der Waals surface area contributed by atoms with E-state index in [1.54, 1.807) is 12.1 Å². The third-order valence-electron chi connectivity index (χ3n) is 4.16. The first-order valence-corrected chi connectivity index (χ1v) is 8.89. The number of rotatable bonds is 4. The molecule has 22 heavy (non-hydrogen) atoms. The SMILES string of the molecule is C[C@H]1CCCCN1[C@@H](C)CNC(=S)Nc1ccc(Cl)cc1Cl. The van der Waals surface area contributed by atoms with Crippen molar-refractivity contribution in [3.63, 3.8) is 0 Å². The van der Waals surface area contributed by atoms with Gasteiger partial charge in [-0.25, -0.2) is 0 Å². The number of anilines is 1. The third-order valence-corrected chi connectivity index (χ3v) is 4.95. The van der Waals surface area contributed by atoms with Gasteiger partial charge in [0.1, 0.15) is 0 Å². The van der Waals surface area contributed by atoms with Gasteiger partial charge in [-0.3, -0.25) is 4.90 Å². The molecule has 1 heterocycles. The lowest BCUT2D eigenvalue weighted by Crippen LogP contribution is -2.49. The Hall–Kier alpha value is -0.550. The Bertz CT molecular complexity index is 524. The first-order chi connectivity index (χ1) is 10.5. The first-order valence-electron chi connectivity index (χ1n) is 7.73. The quantitative estimate of drug-likeness (QED) is 0.771. The molecule has 0 aliphatic carbocycles. The summed E-state index contributed by atoms with van der Waals surface area (Å²) in [6.07, 6.45) is 3.91. The van der Waals surface area contributed by atoms with Crippen molar-refractivity contribution in [2.45, 2.75) is 45.2 Å². The standard InChI is InChI=1S/C16H23Cl2N3S/c1-11-5-3-4-8-21(11)12(2)10-19-16(22)20-15-7-6-13(17)9-14(15)18/h6-7,9,11-12H,3-5,8,10H2,1-2H3,(H2,19,20,22)/t11-,12-/m0/s1. The maximum Gasteiger partial charge on any atom is 0.170 e. The van der Waals surface area contributed by atoms with Gasteiger partial charge in [0.15, 0.2) is 5.11 Å². The highest BCUT2D eigenvalue weighted by Crippen LogP contribution is 2.25. The molecule has 0 spiro atoms. The van der Waals surface area contributed by atoms with E-state index >= 15 is 0 Å². The largest absolute Gasteiger partial charge is 0.361 e. The van der Waals surface area contributed by atoms with Crippen LogP contribution in [0.25, 0.3) is 0 Å². The predicted molar refractivity (Wildman–Crippen MR) is 100 cm³/mol. The van der Waals surface area contributed by atoms with Crippen LogP contribution < -0.4 is 10.6 Å². The minimum absolute atomic E-state index is 0.454. The van der Waals surface area contributed by atoms with Gasteiger partial charge in [-0.1, -0.05) is 29.6 Å². The van der Waals surface area contributed by atoms with E-state index in [-0.39, 0.29) is 0 Å². The minimum Gasteiger partial charge on any atom is -0.361 e. The van der Waals surface area contributed by atoms with E-state index in [9.17, 15) is 0 Å². The summed E-state index contributed by atoms with van der Waals surface area (Å²) in [4.78, 5) is 2.55. The fourth-order valence-corrected chi connectivity index (χ4v) is 3.54. The van der Waals surface area contributed by atoms with E-state index in [1.807, 2.05) is 6.07 Å². The molecule has 0 unspecified atom stereocenters. The van der Waals surface area contributed by atoms with Gasteiger partial charge in [0.05, 0.1) is 10.7 Å². The van der Waals surface area contributed by atoms with Gasteiger partial charge in [-0.15, -0.1) is 0 Å². The molecule has 3 nitrogen and oxygen atoms in total. The van der Waals surface area contributed by atoms with E-state index in [2.05, 4.69) is 29.4 Å². The first kappa shape index (κ1) is 17.8. The van der Waals surface area contributed by atoms with Crippen LogP contribution >= 0.6 is 35.4 Å². The number of halogens is 2. The predicted octanol–water partition coefficient (Wildman–Crippen LogP) is 4.54. The average Bonchev–Trinajstić information content (AvgIpc) is 2.48. The van der Waals surface area contributed by atoms with Gasteiger partial charge in [0.2, 0.25) is 0 Å². The molecule has 2 N–H and O–H groups in total. The third kappa shape index (κ3) is 4.98. The molecule has 122 valence electrons. The molecule has 1 aliphatic heterocycles. The van der Waals surface area contributed by atoms with Crippen molar-refractivity contribution in [1.82, 2.24) is 10.2 Å². The number of piperidine rings is 1. The number of likely N-dealkylation sites (tertiary alicyclic amines) is 1. The van der Waals surface area contributed by atoms with Crippen LogP contribution in [0.2, 0.25) is 10.0 Å². The van der Waals surface area contributed by atoms with Crippen LogP contribution in [0.4, 0.5) is 5.69 Å². The summed E-state index contributed by atoms with van der Waals surface area (Å²) >= 11 is 17.4. The lowest BCUT2D eigenvalue weighted by molar-refractivity contribution is 0.116. The Balaban J connectivity index is 1.82. The Morgan fingerprint density at radius 1 is 1.41 bits per heavy atom. The van der Waals surface area contributed by atoms with Gasteiger partial charge >= 0.3 is 0 Å². The molecule has 0 bridgehead atoms. The minimum atomic E-state index is 0.454. The van der Waals surface area contributed by atoms with Gasteiger partial charge < -0.3 is 10.6 Å².